The van der Waals surface area contributed by atoms with Crippen LogP contribution in [-0.2, 0) is 4.79 Å². The van der Waals surface area contributed by atoms with Crippen LogP contribution in [0, 0.1) is 5.41 Å². The average molecular weight is 247 g/mol. The molecule has 1 aliphatic rings. The summed E-state index contributed by atoms with van der Waals surface area (Å²) < 4.78 is 1.89. The molecule has 2 N–H and O–H groups in total. The Balaban J connectivity index is 2.53. The minimum absolute atomic E-state index is 0.0000411. The van der Waals surface area contributed by atoms with Gasteiger partial charge in [-0.05, 0) is 12.1 Å². The zero-order valence-corrected chi connectivity index (χ0v) is 11.0. The second-order valence-electron chi connectivity index (χ2n) is 5.62. The van der Waals surface area contributed by atoms with E-state index in [4.69, 9.17) is 0 Å². The number of rotatable bonds is 2. The molecule has 4 heteroatoms. The molecule has 0 aliphatic carbocycles. The number of amidine groups is 1. The fourth-order valence-corrected chi connectivity index (χ4v) is 2.30. The van der Waals surface area contributed by atoms with E-state index in [-0.39, 0.29) is 17.3 Å². The van der Waals surface area contributed by atoms with Gasteiger partial charge in [-0.2, -0.15) is 0 Å². The third kappa shape index (κ3) is 2.23. The molecule has 1 aromatic rings. The Morgan fingerprint density at radius 3 is 2.44 bits per heavy atom. The molecule has 4 nitrogen and oxygen atoms in total. The van der Waals surface area contributed by atoms with Crippen LogP contribution in [0.3, 0.4) is 0 Å². The Morgan fingerprint density at radius 1 is 1.33 bits per heavy atom. The van der Waals surface area contributed by atoms with Crippen molar-refractivity contribution in [3.05, 3.63) is 30.3 Å². The molecule has 18 heavy (non-hydrogen) atoms. The summed E-state index contributed by atoms with van der Waals surface area (Å²) in [6.45, 7) is 7.03. The summed E-state index contributed by atoms with van der Waals surface area (Å²) in [6.07, 6.45) is 0. The number of nitrogens with one attached hydrogen (secondary N) is 1. The third-order valence-corrected chi connectivity index (χ3v) is 3.25. The molecule has 2 rings (SSSR count). The Morgan fingerprint density at radius 2 is 1.94 bits per heavy atom. The van der Waals surface area contributed by atoms with Crippen molar-refractivity contribution < 1.29 is 14.5 Å². The molecule has 1 aromatic carbocycles. The van der Waals surface area contributed by atoms with E-state index >= 15 is 0 Å². The molecular formula is C14H19N2O2+. The lowest BCUT2D eigenvalue weighted by atomic mass is 9.86. The number of carboxylic acid groups (broad SMARTS) is 1. The van der Waals surface area contributed by atoms with E-state index in [1.807, 2.05) is 34.9 Å². The molecule has 1 unspecified atom stereocenters. The highest BCUT2D eigenvalue weighted by molar-refractivity contribution is 6.32. The minimum Gasteiger partial charge on any atom is -0.472 e. The van der Waals surface area contributed by atoms with Crippen molar-refractivity contribution in [2.45, 2.75) is 26.8 Å². The molecule has 1 atom stereocenters. The van der Waals surface area contributed by atoms with Crippen LogP contribution in [0.5, 0.6) is 0 Å². The molecule has 0 spiro atoms. The van der Waals surface area contributed by atoms with Gasteiger partial charge in [0.1, 0.15) is 18.3 Å². The number of nitrogens with zero attached hydrogens (tertiary/aromatic N) is 1. The van der Waals surface area contributed by atoms with Crippen molar-refractivity contribution in [3.8, 4) is 0 Å². The molecule has 0 saturated heterocycles. The molecule has 1 heterocycles. The maximum atomic E-state index is 11.3. The van der Waals surface area contributed by atoms with Gasteiger partial charge in [-0.3, -0.25) is 5.32 Å². The van der Waals surface area contributed by atoms with E-state index in [1.54, 1.807) is 0 Å². The molecule has 0 amide bonds. The molecule has 0 radical (unpaired) electrons. The van der Waals surface area contributed by atoms with Gasteiger partial charge >= 0.3 is 11.8 Å². The number of carbonyl (C=O) groups is 1. The summed E-state index contributed by atoms with van der Waals surface area (Å²) in [6, 6.07) is 9.79. The van der Waals surface area contributed by atoms with Crippen molar-refractivity contribution in [1.82, 2.24) is 5.32 Å². The molecule has 0 saturated carbocycles. The highest BCUT2D eigenvalue weighted by Gasteiger charge is 2.43. The van der Waals surface area contributed by atoms with Gasteiger partial charge in [0, 0.05) is 5.41 Å². The predicted octanol–water partition coefficient (Wildman–Crippen LogP) is 1.83. The number of hydrogen-bond donors (Lipinski definition) is 2. The van der Waals surface area contributed by atoms with E-state index in [1.165, 1.54) is 0 Å². The first-order chi connectivity index (χ1) is 8.41. The van der Waals surface area contributed by atoms with Crippen LogP contribution < -0.4 is 5.32 Å². The van der Waals surface area contributed by atoms with Crippen LogP contribution in [0.15, 0.2) is 30.3 Å². The highest BCUT2D eigenvalue weighted by atomic mass is 16.4. The van der Waals surface area contributed by atoms with Gasteiger partial charge in [0.05, 0.1) is 0 Å². The lowest BCUT2D eigenvalue weighted by Crippen LogP contribution is -2.36. The fourth-order valence-electron chi connectivity index (χ4n) is 2.30. The monoisotopic (exact) mass is 247 g/mol. The van der Waals surface area contributed by atoms with E-state index in [0.29, 0.717) is 6.54 Å². The standard InChI is InChI=1S/C14H18N2O2/c1-14(2,3)11-9-15-12(13(17)18)16(11)10-7-5-4-6-8-10/h4-8,11H,9H2,1-3H3,(H,17,18)/p+1. The van der Waals surface area contributed by atoms with Crippen molar-refractivity contribution in [3.63, 3.8) is 0 Å². The molecule has 0 bridgehead atoms. The predicted molar refractivity (Wildman–Crippen MR) is 70.3 cm³/mol. The van der Waals surface area contributed by atoms with Crippen LogP contribution in [0.25, 0.3) is 0 Å². The molecule has 0 fully saturated rings. The SMILES string of the molecule is CC(C)(C)C1CNC(C(=O)O)=[N+]1c1ccccc1. The summed E-state index contributed by atoms with van der Waals surface area (Å²) in [4.78, 5) is 11.3. The second-order valence-corrected chi connectivity index (χ2v) is 5.62. The quantitative estimate of drug-likeness (QED) is 0.784. The molecular weight excluding hydrogens is 228 g/mol. The van der Waals surface area contributed by atoms with Crippen molar-refractivity contribution >= 4 is 17.5 Å². The van der Waals surface area contributed by atoms with Crippen LogP contribution >= 0.6 is 0 Å². The van der Waals surface area contributed by atoms with Crippen LogP contribution in [-0.4, -0.2) is 34.1 Å². The zero-order valence-electron chi connectivity index (χ0n) is 11.0. The molecule has 0 aromatic heterocycles. The Hall–Kier alpha value is -1.84. The number of carboxylic acids is 1. The third-order valence-electron chi connectivity index (χ3n) is 3.25. The van der Waals surface area contributed by atoms with Gasteiger partial charge in [-0.15, -0.1) is 0 Å². The maximum Gasteiger partial charge on any atom is 0.419 e. The number of para-hydroxylation sites is 1. The molecule has 96 valence electrons. The lowest BCUT2D eigenvalue weighted by Gasteiger charge is -2.25. The van der Waals surface area contributed by atoms with Crippen LogP contribution in [0.2, 0.25) is 0 Å². The van der Waals surface area contributed by atoms with E-state index in [0.717, 1.165) is 5.69 Å². The van der Waals surface area contributed by atoms with Gasteiger partial charge in [0.15, 0.2) is 0 Å². The Kier molecular flexibility index (Phi) is 3.11. The van der Waals surface area contributed by atoms with E-state index in [9.17, 15) is 9.90 Å². The van der Waals surface area contributed by atoms with E-state index in [2.05, 4.69) is 26.1 Å². The van der Waals surface area contributed by atoms with Gasteiger partial charge in [-0.1, -0.05) is 39.0 Å². The maximum absolute atomic E-state index is 11.3. The van der Waals surface area contributed by atoms with Gasteiger partial charge in [0.25, 0.3) is 0 Å². The lowest BCUT2D eigenvalue weighted by molar-refractivity contribution is -0.491. The first-order valence-electron chi connectivity index (χ1n) is 6.09. The van der Waals surface area contributed by atoms with Crippen molar-refractivity contribution in [1.29, 1.82) is 0 Å². The van der Waals surface area contributed by atoms with Crippen LogP contribution in [0.1, 0.15) is 20.8 Å². The summed E-state index contributed by atoms with van der Waals surface area (Å²) in [7, 11) is 0. The zero-order chi connectivity index (χ0) is 13.3. The summed E-state index contributed by atoms with van der Waals surface area (Å²) in [5, 5.41) is 12.3. The summed E-state index contributed by atoms with van der Waals surface area (Å²) in [5.74, 6) is -0.647. The number of aliphatic carboxylic acids is 1. The summed E-state index contributed by atoms with van der Waals surface area (Å²) in [5.41, 5.74) is 0.917. The largest absolute Gasteiger partial charge is 0.472 e. The highest BCUT2D eigenvalue weighted by Crippen LogP contribution is 2.29. The Labute approximate surface area is 107 Å². The normalized spacial score (nSPS) is 19.8. The number of hydrogen-bond acceptors (Lipinski definition) is 2. The molecule has 1 aliphatic heterocycles. The van der Waals surface area contributed by atoms with Gasteiger partial charge < -0.3 is 5.11 Å². The van der Waals surface area contributed by atoms with E-state index < -0.39 is 5.97 Å². The smallest absolute Gasteiger partial charge is 0.419 e. The first kappa shape index (κ1) is 12.6. The van der Waals surface area contributed by atoms with Gasteiger partial charge in [0.2, 0.25) is 0 Å². The first-order valence-corrected chi connectivity index (χ1v) is 6.09. The summed E-state index contributed by atoms with van der Waals surface area (Å²) >= 11 is 0. The van der Waals surface area contributed by atoms with Gasteiger partial charge in [-0.25, -0.2) is 9.37 Å². The number of benzene rings is 1. The minimum atomic E-state index is -0.911. The van der Waals surface area contributed by atoms with Crippen LogP contribution in [0.4, 0.5) is 5.69 Å². The average Bonchev–Trinajstić information content (AvgIpc) is 2.74. The Bertz CT molecular complexity index is 486. The second kappa shape index (κ2) is 4.44. The van der Waals surface area contributed by atoms with Crippen molar-refractivity contribution in [2.75, 3.05) is 6.54 Å². The van der Waals surface area contributed by atoms with Crippen molar-refractivity contribution in [2.24, 2.45) is 5.41 Å². The fraction of sp³-hybridized carbons (Fsp3) is 0.429. The topological polar surface area (TPSA) is 52.3 Å².